The van der Waals surface area contributed by atoms with Crippen LogP contribution in [-0.2, 0) is 0 Å². The van der Waals surface area contributed by atoms with E-state index in [2.05, 4.69) is 15.0 Å². The average Bonchev–Trinajstić information content (AvgIpc) is 2.94. The van der Waals surface area contributed by atoms with Crippen LogP contribution in [0.1, 0.15) is 4.94 Å². The average molecular weight is 330 g/mol. The summed E-state index contributed by atoms with van der Waals surface area (Å²) in [7, 11) is 0. The SMILES string of the molecule is Nc1ncnc2c1ncn2C1[Se]C(CO)C(O)C1O. The second kappa shape index (κ2) is 4.69. The first-order valence-corrected chi connectivity index (χ1v) is 7.66. The van der Waals surface area contributed by atoms with Gasteiger partial charge >= 0.3 is 114 Å². The van der Waals surface area contributed by atoms with Gasteiger partial charge in [-0.25, -0.2) is 0 Å². The number of imidazole rings is 1. The number of aliphatic hydroxyl groups excluding tert-OH is 3. The molecule has 102 valence electrons. The zero-order chi connectivity index (χ0) is 13.6. The Bertz CT molecular complexity index is 606. The number of aliphatic hydroxyl groups is 3. The Morgan fingerprint density at radius 1 is 1.26 bits per heavy atom. The number of nitrogen functional groups attached to an aromatic ring is 1. The molecule has 4 atom stereocenters. The van der Waals surface area contributed by atoms with Crippen LogP contribution in [0.3, 0.4) is 0 Å². The van der Waals surface area contributed by atoms with Gasteiger partial charge < -0.3 is 0 Å². The molecule has 0 spiro atoms. The Hall–Kier alpha value is -1.25. The van der Waals surface area contributed by atoms with E-state index in [9.17, 15) is 15.3 Å². The maximum atomic E-state index is 10.1. The summed E-state index contributed by atoms with van der Waals surface area (Å²) in [5, 5.41) is 29.2. The summed E-state index contributed by atoms with van der Waals surface area (Å²) < 4.78 is 1.71. The first-order valence-electron chi connectivity index (χ1n) is 5.69. The molecule has 9 heteroatoms. The van der Waals surface area contributed by atoms with Gasteiger partial charge in [-0.15, -0.1) is 0 Å². The molecule has 1 saturated heterocycles. The Morgan fingerprint density at radius 2 is 2.05 bits per heavy atom. The fourth-order valence-electron chi connectivity index (χ4n) is 2.17. The first-order chi connectivity index (χ1) is 9.13. The van der Waals surface area contributed by atoms with Gasteiger partial charge in [0.05, 0.1) is 0 Å². The maximum absolute atomic E-state index is 10.1. The van der Waals surface area contributed by atoms with Crippen molar-refractivity contribution >= 4 is 31.9 Å². The summed E-state index contributed by atoms with van der Waals surface area (Å²) in [5.41, 5.74) is 6.72. The van der Waals surface area contributed by atoms with Crippen LogP contribution in [-0.4, -0.2) is 68.6 Å². The van der Waals surface area contributed by atoms with Crippen LogP contribution >= 0.6 is 0 Å². The zero-order valence-electron chi connectivity index (χ0n) is 9.79. The number of hydrogen-bond acceptors (Lipinski definition) is 7. The van der Waals surface area contributed by atoms with Crippen molar-refractivity contribution in [3.63, 3.8) is 0 Å². The molecule has 0 radical (unpaired) electrons. The molecule has 4 unspecified atom stereocenters. The van der Waals surface area contributed by atoms with Crippen molar-refractivity contribution in [2.45, 2.75) is 22.0 Å². The van der Waals surface area contributed by atoms with E-state index in [1.807, 2.05) is 0 Å². The number of hydrogen-bond donors (Lipinski definition) is 4. The molecule has 0 saturated carbocycles. The van der Waals surface area contributed by atoms with Crippen LogP contribution in [0, 0.1) is 0 Å². The van der Waals surface area contributed by atoms with Crippen LogP contribution in [0.2, 0.25) is 4.82 Å². The number of nitrogens with zero attached hydrogens (tertiary/aromatic N) is 4. The van der Waals surface area contributed by atoms with Crippen molar-refractivity contribution in [1.29, 1.82) is 0 Å². The molecule has 1 fully saturated rings. The van der Waals surface area contributed by atoms with E-state index in [0.29, 0.717) is 11.2 Å². The van der Waals surface area contributed by atoms with Crippen molar-refractivity contribution in [3.8, 4) is 0 Å². The zero-order valence-corrected chi connectivity index (χ0v) is 11.5. The Balaban J connectivity index is 2.04. The second-order valence-corrected chi connectivity index (χ2v) is 7.17. The third-order valence-electron chi connectivity index (χ3n) is 3.18. The van der Waals surface area contributed by atoms with E-state index in [-0.39, 0.29) is 37.1 Å². The summed E-state index contributed by atoms with van der Waals surface area (Å²) in [6, 6.07) is 0. The summed E-state index contributed by atoms with van der Waals surface area (Å²) in [6.07, 6.45) is 1.01. The fourth-order valence-corrected chi connectivity index (χ4v) is 5.05. The van der Waals surface area contributed by atoms with Gasteiger partial charge in [0, 0.05) is 0 Å². The predicted molar refractivity (Wildman–Crippen MR) is 67.4 cm³/mol. The number of aromatic nitrogens is 4. The molecule has 2 aromatic heterocycles. The first kappa shape index (κ1) is 12.8. The van der Waals surface area contributed by atoms with Gasteiger partial charge in [-0.2, -0.15) is 0 Å². The molecule has 5 N–H and O–H groups in total. The van der Waals surface area contributed by atoms with E-state index in [1.54, 1.807) is 4.57 Å². The van der Waals surface area contributed by atoms with Crippen molar-refractivity contribution in [2.24, 2.45) is 0 Å². The molecule has 0 bridgehead atoms. The third kappa shape index (κ3) is 1.90. The van der Waals surface area contributed by atoms with E-state index in [4.69, 9.17) is 5.73 Å². The summed E-state index contributed by atoms with van der Waals surface area (Å²) >= 11 is -0.166. The molecule has 8 nitrogen and oxygen atoms in total. The molecular weight excluding hydrogens is 317 g/mol. The Morgan fingerprint density at radius 3 is 2.74 bits per heavy atom. The van der Waals surface area contributed by atoms with E-state index in [0.717, 1.165) is 0 Å². The van der Waals surface area contributed by atoms with Crippen LogP contribution < -0.4 is 5.73 Å². The summed E-state index contributed by atoms with van der Waals surface area (Å²) in [6.45, 7) is -0.140. The van der Waals surface area contributed by atoms with Gasteiger partial charge in [-0.3, -0.25) is 0 Å². The Labute approximate surface area is 114 Å². The van der Waals surface area contributed by atoms with Gasteiger partial charge in [0.25, 0.3) is 0 Å². The van der Waals surface area contributed by atoms with Crippen molar-refractivity contribution in [1.82, 2.24) is 19.5 Å². The molecule has 19 heavy (non-hydrogen) atoms. The predicted octanol–water partition coefficient (Wildman–Crippen LogP) is -1.87. The third-order valence-corrected chi connectivity index (χ3v) is 6.46. The molecule has 0 aromatic carbocycles. The van der Waals surface area contributed by atoms with Gasteiger partial charge in [-0.05, 0) is 0 Å². The molecule has 0 aliphatic carbocycles. The van der Waals surface area contributed by atoms with Crippen molar-refractivity contribution in [3.05, 3.63) is 12.7 Å². The monoisotopic (exact) mass is 331 g/mol. The molecule has 0 amide bonds. The van der Waals surface area contributed by atoms with Crippen LogP contribution in [0.5, 0.6) is 0 Å². The summed E-state index contributed by atoms with van der Waals surface area (Å²) in [4.78, 5) is 11.5. The quantitative estimate of drug-likeness (QED) is 0.475. The Kier molecular flexibility index (Phi) is 3.15. The van der Waals surface area contributed by atoms with Crippen LogP contribution in [0.4, 0.5) is 5.82 Å². The van der Waals surface area contributed by atoms with Gasteiger partial charge in [0.1, 0.15) is 0 Å². The second-order valence-electron chi connectivity index (χ2n) is 4.31. The van der Waals surface area contributed by atoms with Crippen LogP contribution in [0.15, 0.2) is 12.7 Å². The van der Waals surface area contributed by atoms with Gasteiger partial charge in [0.15, 0.2) is 0 Å². The molecule has 3 rings (SSSR count). The fraction of sp³-hybridized carbons (Fsp3) is 0.500. The number of anilines is 1. The van der Waals surface area contributed by atoms with Gasteiger partial charge in [-0.1, -0.05) is 0 Å². The standard InChI is InChI=1S/C10H13N5O3Se/c11-8-5-9(13-2-12-8)15(3-14-5)10-7(18)6(17)4(1-16)19-10/h2-4,6-7,10,16-18H,1H2,(H2,11,12,13). The van der Waals surface area contributed by atoms with E-state index >= 15 is 0 Å². The number of nitrogens with two attached hydrogens (primary N) is 1. The minimum atomic E-state index is -0.939. The van der Waals surface area contributed by atoms with E-state index in [1.165, 1.54) is 12.7 Å². The van der Waals surface area contributed by atoms with Crippen molar-refractivity contribution in [2.75, 3.05) is 12.3 Å². The molecular formula is C10H13N5O3Se. The van der Waals surface area contributed by atoms with Gasteiger partial charge in [0.2, 0.25) is 0 Å². The van der Waals surface area contributed by atoms with E-state index < -0.39 is 12.2 Å². The molecule has 1 aliphatic heterocycles. The summed E-state index contributed by atoms with van der Waals surface area (Å²) in [5.74, 6) is 0.281. The van der Waals surface area contributed by atoms with Crippen molar-refractivity contribution < 1.29 is 15.3 Å². The normalized spacial score (nSPS) is 31.1. The molecule has 2 aromatic rings. The molecule has 1 aliphatic rings. The topological polar surface area (TPSA) is 130 Å². The minimum absolute atomic E-state index is 0.140. The van der Waals surface area contributed by atoms with Crippen LogP contribution in [0.25, 0.3) is 11.2 Å². The molecule has 3 heterocycles. The number of fused-ring (bicyclic) bond motifs is 1. The number of rotatable bonds is 2.